The van der Waals surface area contributed by atoms with Crippen LogP contribution in [0.25, 0.3) is 16.9 Å². The summed E-state index contributed by atoms with van der Waals surface area (Å²) in [6.07, 6.45) is -3.59. The molecule has 0 saturated carbocycles. The largest absolute Gasteiger partial charge is 0.496 e. The van der Waals surface area contributed by atoms with Gasteiger partial charge in [0.05, 0.1) is 19.0 Å². The number of hydrogen-bond donors (Lipinski definition) is 1. The van der Waals surface area contributed by atoms with Crippen LogP contribution >= 0.6 is 0 Å². The number of benzene rings is 2. The summed E-state index contributed by atoms with van der Waals surface area (Å²) in [5.74, 6) is -0.00162. The number of nitrogens with one attached hydrogen (secondary N) is 1. The fraction of sp³-hybridized carbons (Fsp3) is 0.136. The minimum atomic E-state index is -4.68. The lowest BCUT2D eigenvalue weighted by Gasteiger charge is -2.12. The molecular weight excluding hydrogens is 409 g/mol. The van der Waals surface area contributed by atoms with E-state index in [0.29, 0.717) is 15.8 Å². The number of carbonyl (C=O) groups excluding carboxylic acids is 1. The topological polar surface area (TPSA) is 68.5 Å². The maximum Gasteiger partial charge on any atom is 0.433 e. The summed E-state index contributed by atoms with van der Waals surface area (Å²) >= 11 is 0. The van der Waals surface area contributed by atoms with E-state index in [-0.39, 0.29) is 23.4 Å². The molecule has 0 bridgehead atoms. The first-order valence-corrected chi connectivity index (χ1v) is 9.30. The Morgan fingerprint density at radius 3 is 2.52 bits per heavy atom. The Labute approximate surface area is 175 Å². The summed E-state index contributed by atoms with van der Waals surface area (Å²) in [5, 5.41) is 6.47. The van der Waals surface area contributed by atoms with Gasteiger partial charge in [-0.05, 0) is 12.1 Å². The van der Waals surface area contributed by atoms with Crippen molar-refractivity contribution in [3.8, 4) is 17.0 Å². The fourth-order valence-electron chi connectivity index (χ4n) is 3.20. The van der Waals surface area contributed by atoms with Crippen LogP contribution in [0, 0.1) is 0 Å². The van der Waals surface area contributed by atoms with Crippen molar-refractivity contribution < 1.29 is 22.7 Å². The molecule has 1 N–H and O–H groups in total. The predicted molar refractivity (Wildman–Crippen MR) is 108 cm³/mol. The van der Waals surface area contributed by atoms with Gasteiger partial charge in [0, 0.05) is 17.7 Å². The summed E-state index contributed by atoms with van der Waals surface area (Å²) in [7, 11) is 1.51. The summed E-state index contributed by atoms with van der Waals surface area (Å²) < 4.78 is 46.9. The molecule has 0 radical (unpaired) electrons. The van der Waals surface area contributed by atoms with Crippen molar-refractivity contribution in [3.63, 3.8) is 0 Å². The zero-order valence-corrected chi connectivity index (χ0v) is 16.3. The molecule has 2 heterocycles. The van der Waals surface area contributed by atoms with Crippen molar-refractivity contribution >= 4 is 11.6 Å². The number of carbonyl (C=O) groups is 1. The van der Waals surface area contributed by atoms with Gasteiger partial charge in [0.25, 0.3) is 5.91 Å². The van der Waals surface area contributed by atoms with E-state index in [1.165, 1.54) is 7.11 Å². The smallest absolute Gasteiger partial charge is 0.433 e. The van der Waals surface area contributed by atoms with Crippen molar-refractivity contribution in [3.05, 3.63) is 83.7 Å². The van der Waals surface area contributed by atoms with Gasteiger partial charge >= 0.3 is 6.18 Å². The molecule has 2 aromatic heterocycles. The molecule has 158 valence electrons. The van der Waals surface area contributed by atoms with Crippen molar-refractivity contribution in [2.24, 2.45) is 0 Å². The van der Waals surface area contributed by atoms with Crippen LogP contribution < -0.4 is 10.1 Å². The zero-order valence-electron chi connectivity index (χ0n) is 16.3. The molecule has 0 spiro atoms. The minimum absolute atomic E-state index is 0.0572. The molecule has 4 aromatic rings. The minimum Gasteiger partial charge on any atom is -0.496 e. The maximum atomic E-state index is 13.7. The van der Waals surface area contributed by atoms with Crippen LogP contribution in [0.2, 0.25) is 0 Å². The molecule has 0 fully saturated rings. The third-order valence-electron chi connectivity index (χ3n) is 4.71. The molecule has 0 aliphatic rings. The first-order valence-electron chi connectivity index (χ1n) is 9.30. The quantitative estimate of drug-likeness (QED) is 0.515. The lowest BCUT2D eigenvalue weighted by Crippen LogP contribution is -2.23. The summed E-state index contributed by atoms with van der Waals surface area (Å²) in [6.45, 7) is 0.130. The van der Waals surface area contributed by atoms with Gasteiger partial charge in [-0.2, -0.15) is 18.3 Å². The number of rotatable bonds is 5. The highest BCUT2D eigenvalue weighted by Gasteiger charge is 2.36. The number of fused-ring (bicyclic) bond motifs is 1. The van der Waals surface area contributed by atoms with Gasteiger partial charge in [0.1, 0.15) is 11.3 Å². The van der Waals surface area contributed by atoms with E-state index in [1.807, 2.05) is 0 Å². The van der Waals surface area contributed by atoms with Gasteiger partial charge in [0.2, 0.25) is 0 Å². The molecular formula is C22H17F3N4O2. The number of alkyl halides is 3. The number of nitrogens with zero attached hydrogens (tertiary/aromatic N) is 3. The van der Waals surface area contributed by atoms with Gasteiger partial charge < -0.3 is 10.1 Å². The highest BCUT2D eigenvalue weighted by Crippen LogP contribution is 2.32. The number of amides is 1. The van der Waals surface area contributed by atoms with Crippen molar-refractivity contribution in [1.82, 2.24) is 19.9 Å². The molecule has 0 aliphatic heterocycles. The molecule has 2 aromatic carbocycles. The third kappa shape index (κ3) is 4.07. The summed E-state index contributed by atoms with van der Waals surface area (Å²) in [6, 6.07) is 16.5. The molecule has 9 heteroatoms. The first-order chi connectivity index (χ1) is 14.9. The Balaban J connectivity index is 1.74. The highest BCUT2D eigenvalue weighted by atomic mass is 19.4. The van der Waals surface area contributed by atoms with E-state index in [0.717, 1.165) is 17.8 Å². The van der Waals surface area contributed by atoms with Crippen LogP contribution in [-0.4, -0.2) is 27.6 Å². The van der Waals surface area contributed by atoms with Crippen LogP contribution in [0.1, 0.15) is 21.6 Å². The molecule has 6 nitrogen and oxygen atoms in total. The van der Waals surface area contributed by atoms with E-state index in [9.17, 15) is 18.0 Å². The Kier molecular flexibility index (Phi) is 5.33. The first kappa shape index (κ1) is 20.4. The fourth-order valence-corrected chi connectivity index (χ4v) is 3.20. The third-order valence-corrected chi connectivity index (χ3v) is 4.71. The second-order valence-corrected chi connectivity index (χ2v) is 6.68. The Bertz CT molecular complexity index is 1240. The Morgan fingerprint density at radius 2 is 1.81 bits per heavy atom. The van der Waals surface area contributed by atoms with Gasteiger partial charge in [-0.3, -0.25) is 4.79 Å². The summed E-state index contributed by atoms with van der Waals surface area (Å²) in [5.41, 5.74) is 0.0741. The molecule has 31 heavy (non-hydrogen) atoms. The highest BCUT2D eigenvalue weighted by molar-refractivity contribution is 5.99. The van der Waals surface area contributed by atoms with Crippen LogP contribution in [0.3, 0.4) is 0 Å². The van der Waals surface area contributed by atoms with E-state index in [1.54, 1.807) is 54.6 Å². The number of aromatic nitrogens is 3. The average molecular weight is 426 g/mol. The lowest BCUT2D eigenvalue weighted by atomic mass is 10.1. The van der Waals surface area contributed by atoms with Crippen LogP contribution in [0.15, 0.2) is 66.9 Å². The zero-order chi connectivity index (χ0) is 22.0. The standard InChI is InChI=1S/C22H17F3N4O2/c1-31-18-10-6-5-9-15(18)12-26-21(30)16-13-27-29-19(22(23,24)25)11-17(28-20(16)29)14-7-3-2-4-8-14/h2-11,13H,12H2,1H3,(H,26,30). The van der Waals surface area contributed by atoms with Gasteiger partial charge in [-0.15, -0.1) is 0 Å². The number of para-hydroxylation sites is 1. The van der Waals surface area contributed by atoms with Crippen LogP contribution in [0.4, 0.5) is 13.2 Å². The van der Waals surface area contributed by atoms with Crippen LogP contribution in [0.5, 0.6) is 5.75 Å². The summed E-state index contributed by atoms with van der Waals surface area (Å²) in [4.78, 5) is 17.1. The number of halogens is 3. The molecule has 0 unspecified atom stereocenters. The van der Waals surface area contributed by atoms with Gasteiger partial charge in [-0.1, -0.05) is 48.5 Å². The Morgan fingerprint density at radius 1 is 1.10 bits per heavy atom. The predicted octanol–water partition coefficient (Wildman–Crippen LogP) is 4.35. The van der Waals surface area contributed by atoms with Crippen molar-refractivity contribution in [2.75, 3.05) is 7.11 Å². The molecule has 0 saturated heterocycles. The molecule has 0 aliphatic carbocycles. The van der Waals surface area contributed by atoms with Crippen molar-refractivity contribution in [2.45, 2.75) is 12.7 Å². The number of ether oxygens (including phenoxy) is 1. The van der Waals surface area contributed by atoms with Gasteiger partial charge in [0.15, 0.2) is 11.3 Å². The van der Waals surface area contributed by atoms with Crippen LogP contribution in [-0.2, 0) is 12.7 Å². The lowest BCUT2D eigenvalue weighted by molar-refractivity contribution is -0.142. The van der Waals surface area contributed by atoms with E-state index >= 15 is 0 Å². The molecule has 0 atom stereocenters. The molecule has 1 amide bonds. The Hall–Kier alpha value is -3.88. The monoisotopic (exact) mass is 426 g/mol. The van der Waals surface area contributed by atoms with E-state index < -0.39 is 17.8 Å². The normalized spacial score (nSPS) is 11.5. The van der Waals surface area contributed by atoms with Gasteiger partial charge in [-0.25, -0.2) is 9.50 Å². The maximum absolute atomic E-state index is 13.7. The second kappa shape index (κ2) is 8.10. The van der Waals surface area contributed by atoms with E-state index in [2.05, 4.69) is 15.4 Å². The van der Waals surface area contributed by atoms with E-state index in [4.69, 9.17) is 4.74 Å². The SMILES string of the molecule is COc1ccccc1CNC(=O)c1cnn2c(C(F)(F)F)cc(-c3ccccc3)nc12. The number of methoxy groups -OCH3 is 1. The number of hydrogen-bond acceptors (Lipinski definition) is 4. The average Bonchev–Trinajstić information content (AvgIpc) is 3.21. The molecule has 4 rings (SSSR count). The second-order valence-electron chi connectivity index (χ2n) is 6.68. The van der Waals surface area contributed by atoms with Crippen molar-refractivity contribution in [1.29, 1.82) is 0 Å².